The van der Waals surface area contributed by atoms with Crippen LogP contribution in [0, 0.1) is 13.8 Å². The molecule has 0 fully saturated rings. The maximum Gasteiger partial charge on any atom is 0.242 e. The van der Waals surface area contributed by atoms with Crippen LogP contribution in [-0.4, -0.2) is 28.7 Å². The molecule has 1 atom stereocenters. The Balaban J connectivity index is 2.02. The van der Waals surface area contributed by atoms with E-state index >= 15 is 0 Å². The highest BCUT2D eigenvalue weighted by molar-refractivity contribution is 7.12. The van der Waals surface area contributed by atoms with E-state index < -0.39 is 0 Å². The quantitative estimate of drug-likeness (QED) is 0.847. The molecule has 1 amide bonds. The smallest absolute Gasteiger partial charge is 0.242 e. The lowest BCUT2D eigenvalue weighted by Crippen LogP contribution is -2.26. The molecule has 24 heavy (non-hydrogen) atoms. The second-order valence-electron chi connectivity index (χ2n) is 5.86. The summed E-state index contributed by atoms with van der Waals surface area (Å²) < 4.78 is 5.52. The summed E-state index contributed by atoms with van der Waals surface area (Å²) in [6.07, 6.45) is 2.89. The van der Waals surface area contributed by atoms with Crippen molar-refractivity contribution in [1.82, 2.24) is 9.99 Å². The zero-order valence-electron chi connectivity index (χ0n) is 14.4. The molecule has 3 heterocycles. The highest BCUT2D eigenvalue weighted by Crippen LogP contribution is 2.38. The molecule has 2 aromatic rings. The third-order valence-electron chi connectivity index (χ3n) is 4.20. The van der Waals surface area contributed by atoms with Crippen molar-refractivity contribution < 1.29 is 9.53 Å². The average Bonchev–Trinajstić information content (AvgIpc) is 3.20. The van der Waals surface area contributed by atoms with Crippen LogP contribution in [0.2, 0.25) is 0 Å². The highest BCUT2D eigenvalue weighted by atomic mass is 32.1. The first-order chi connectivity index (χ1) is 11.5. The van der Waals surface area contributed by atoms with Crippen molar-refractivity contribution >= 4 is 23.0 Å². The summed E-state index contributed by atoms with van der Waals surface area (Å²) >= 11 is 1.66. The topological polar surface area (TPSA) is 54.8 Å². The summed E-state index contributed by atoms with van der Waals surface area (Å²) in [6.45, 7) is 5.85. The third-order valence-corrected chi connectivity index (χ3v) is 5.27. The fraction of sp³-hybridized carbons (Fsp3) is 0.389. The largest absolute Gasteiger partial charge is 0.496 e. The summed E-state index contributed by atoms with van der Waals surface area (Å²) in [5, 5.41) is 8.30. The maximum absolute atomic E-state index is 12.4. The Hall–Kier alpha value is -2.21. The lowest BCUT2D eigenvalue weighted by Gasteiger charge is -2.23. The molecule has 0 bridgehead atoms. The number of pyridine rings is 1. The Morgan fingerprint density at radius 3 is 2.88 bits per heavy atom. The number of carbonyl (C=O) groups excluding carboxylic acids is 1. The van der Waals surface area contributed by atoms with Gasteiger partial charge in [0.05, 0.1) is 23.7 Å². The van der Waals surface area contributed by atoms with Crippen LogP contribution in [0.15, 0.2) is 28.8 Å². The van der Waals surface area contributed by atoms with Gasteiger partial charge in [-0.1, -0.05) is 6.92 Å². The van der Waals surface area contributed by atoms with E-state index in [1.165, 1.54) is 5.56 Å². The minimum absolute atomic E-state index is 0.00633. The first-order valence-electron chi connectivity index (χ1n) is 7.99. The molecule has 0 saturated carbocycles. The number of hydrogen-bond donors (Lipinski definition) is 0. The average molecular weight is 343 g/mol. The third kappa shape index (κ3) is 2.94. The Morgan fingerprint density at radius 1 is 1.46 bits per heavy atom. The maximum atomic E-state index is 12.4. The van der Waals surface area contributed by atoms with Crippen molar-refractivity contribution in [3.05, 3.63) is 45.4 Å². The minimum atomic E-state index is -0.169. The van der Waals surface area contributed by atoms with Gasteiger partial charge in [-0.25, -0.2) is 5.01 Å². The Bertz CT molecular complexity index is 797. The van der Waals surface area contributed by atoms with E-state index in [4.69, 9.17) is 4.74 Å². The predicted molar refractivity (Wildman–Crippen MR) is 95.6 cm³/mol. The number of nitrogens with zero attached hydrogens (tertiary/aromatic N) is 3. The van der Waals surface area contributed by atoms with Gasteiger partial charge >= 0.3 is 0 Å². The van der Waals surface area contributed by atoms with Crippen molar-refractivity contribution in [2.24, 2.45) is 5.10 Å². The normalized spacial score (nSPS) is 17.1. The standard InChI is InChI=1S/C18H21N3O2S/c1-5-17(22)21-15(13-10-19-12(3)8-16(13)23-4)9-14(20-21)18-11(2)6-7-24-18/h6-8,10,15H,5,9H2,1-4H3. The van der Waals surface area contributed by atoms with Crippen LogP contribution in [0.4, 0.5) is 0 Å². The number of amides is 1. The molecule has 0 spiro atoms. The molecule has 0 radical (unpaired) electrons. The van der Waals surface area contributed by atoms with Crippen LogP contribution in [0.25, 0.3) is 0 Å². The summed E-state index contributed by atoms with van der Waals surface area (Å²) in [6, 6.07) is 3.81. The van der Waals surface area contributed by atoms with Crippen molar-refractivity contribution in [2.75, 3.05) is 7.11 Å². The molecule has 1 unspecified atom stereocenters. The molecule has 5 nitrogen and oxygen atoms in total. The summed E-state index contributed by atoms with van der Waals surface area (Å²) in [5.41, 5.74) is 3.93. The number of methoxy groups -OCH3 is 1. The van der Waals surface area contributed by atoms with E-state index in [0.29, 0.717) is 12.8 Å². The number of carbonyl (C=O) groups is 1. The highest BCUT2D eigenvalue weighted by Gasteiger charge is 2.35. The minimum Gasteiger partial charge on any atom is -0.496 e. The van der Waals surface area contributed by atoms with Crippen LogP contribution >= 0.6 is 11.3 Å². The molecule has 6 heteroatoms. The zero-order valence-corrected chi connectivity index (χ0v) is 15.2. The molecule has 126 valence electrons. The van der Waals surface area contributed by atoms with Crippen LogP contribution in [0.5, 0.6) is 5.75 Å². The molecule has 0 saturated heterocycles. The molecule has 0 N–H and O–H groups in total. The zero-order chi connectivity index (χ0) is 17.3. The van der Waals surface area contributed by atoms with Gasteiger partial charge in [-0.05, 0) is 30.9 Å². The van der Waals surface area contributed by atoms with Crippen LogP contribution in [0.1, 0.15) is 47.5 Å². The number of hydrazone groups is 1. The summed E-state index contributed by atoms with van der Waals surface area (Å²) in [5.74, 6) is 0.757. The van der Waals surface area contributed by atoms with Gasteiger partial charge in [0.25, 0.3) is 0 Å². The van der Waals surface area contributed by atoms with Crippen molar-refractivity contribution in [2.45, 2.75) is 39.7 Å². The number of ether oxygens (including phenoxy) is 1. The van der Waals surface area contributed by atoms with E-state index in [1.807, 2.05) is 19.9 Å². The van der Waals surface area contributed by atoms with E-state index in [2.05, 4.69) is 28.5 Å². The first kappa shape index (κ1) is 16.6. The molecule has 2 aromatic heterocycles. The van der Waals surface area contributed by atoms with Crippen molar-refractivity contribution in [1.29, 1.82) is 0 Å². The van der Waals surface area contributed by atoms with Crippen molar-refractivity contribution in [3.63, 3.8) is 0 Å². The number of hydrogen-bond acceptors (Lipinski definition) is 5. The number of thiophene rings is 1. The van der Waals surface area contributed by atoms with Crippen molar-refractivity contribution in [3.8, 4) is 5.75 Å². The van der Waals surface area contributed by atoms with Gasteiger partial charge in [-0.2, -0.15) is 5.10 Å². The van der Waals surface area contributed by atoms with Gasteiger partial charge in [-0.15, -0.1) is 11.3 Å². The number of rotatable bonds is 4. The van der Waals surface area contributed by atoms with Gasteiger partial charge in [0.1, 0.15) is 5.75 Å². The summed E-state index contributed by atoms with van der Waals surface area (Å²) in [7, 11) is 1.64. The number of aromatic nitrogens is 1. The summed E-state index contributed by atoms with van der Waals surface area (Å²) in [4.78, 5) is 18.0. The Labute approximate surface area is 146 Å². The van der Waals surface area contributed by atoms with E-state index in [1.54, 1.807) is 29.7 Å². The molecule has 0 aromatic carbocycles. The molecule has 0 aliphatic carbocycles. The SMILES string of the molecule is CCC(=O)N1N=C(c2sccc2C)CC1c1cnc(C)cc1OC. The Kier molecular flexibility index (Phi) is 4.66. The molecular weight excluding hydrogens is 322 g/mol. The Morgan fingerprint density at radius 2 is 2.25 bits per heavy atom. The van der Waals surface area contributed by atoms with E-state index in [9.17, 15) is 4.79 Å². The van der Waals surface area contributed by atoms with Gasteiger partial charge in [-0.3, -0.25) is 9.78 Å². The van der Waals surface area contributed by atoms with Gasteiger partial charge < -0.3 is 4.74 Å². The molecule has 1 aliphatic heterocycles. The second kappa shape index (κ2) is 6.73. The molecule has 1 aliphatic rings. The van der Waals surface area contributed by atoms with E-state index in [0.717, 1.165) is 27.6 Å². The predicted octanol–water partition coefficient (Wildman–Crippen LogP) is 3.86. The van der Waals surface area contributed by atoms with Gasteiger partial charge in [0.15, 0.2) is 0 Å². The lowest BCUT2D eigenvalue weighted by molar-refractivity contribution is -0.132. The number of aryl methyl sites for hydroxylation is 2. The fourth-order valence-corrected chi connectivity index (χ4v) is 3.84. The molecule has 3 rings (SSSR count). The van der Waals surface area contributed by atoms with Gasteiger partial charge in [0, 0.05) is 36.4 Å². The van der Waals surface area contributed by atoms with Gasteiger partial charge in [0.2, 0.25) is 5.91 Å². The van der Waals surface area contributed by atoms with Crippen LogP contribution in [0.3, 0.4) is 0 Å². The molecular formula is C18H21N3O2S. The lowest BCUT2D eigenvalue weighted by atomic mass is 10.0. The monoisotopic (exact) mass is 343 g/mol. The fourth-order valence-electron chi connectivity index (χ4n) is 2.92. The van der Waals surface area contributed by atoms with Crippen LogP contribution in [-0.2, 0) is 4.79 Å². The second-order valence-corrected chi connectivity index (χ2v) is 6.77. The van der Waals surface area contributed by atoms with E-state index in [-0.39, 0.29) is 11.9 Å². The first-order valence-corrected chi connectivity index (χ1v) is 8.87. The van der Waals surface area contributed by atoms with Crippen LogP contribution < -0.4 is 4.74 Å².